The Kier molecular flexibility index (Phi) is 4.06. The van der Waals surface area contributed by atoms with E-state index in [9.17, 15) is 9.59 Å². The van der Waals surface area contributed by atoms with Crippen molar-refractivity contribution in [1.82, 2.24) is 14.5 Å². The van der Waals surface area contributed by atoms with Gasteiger partial charge in [0, 0.05) is 37.0 Å². The molecule has 21 heavy (non-hydrogen) atoms. The minimum absolute atomic E-state index is 0.0347. The van der Waals surface area contributed by atoms with Gasteiger partial charge in [-0.25, -0.2) is 4.98 Å². The Morgan fingerprint density at radius 3 is 2.86 bits per heavy atom. The lowest BCUT2D eigenvalue weighted by Crippen LogP contribution is -2.39. The molecule has 0 saturated carbocycles. The number of likely N-dealkylation sites (tertiary alicyclic amines) is 1. The van der Waals surface area contributed by atoms with Crippen LogP contribution in [0.5, 0.6) is 0 Å². The number of carbonyl (C=O) groups is 1. The van der Waals surface area contributed by atoms with Crippen LogP contribution in [0.15, 0.2) is 16.0 Å². The highest BCUT2D eigenvalue weighted by Crippen LogP contribution is 2.32. The van der Waals surface area contributed by atoms with Crippen molar-refractivity contribution >= 4 is 17.7 Å². The van der Waals surface area contributed by atoms with Gasteiger partial charge in [-0.05, 0) is 25.7 Å². The summed E-state index contributed by atoms with van der Waals surface area (Å²) in [6, 6.07) is 1.51. The molecular formula is C15H21N3O2S. The van der Waals surface area contributed by atoms with Crippen molar-refractivity contribution in [3.63, 3.8) is 0 Å². The van der Waals surface area contributed by atoms with E-state index in [1.807, 2.05) is 11.8 Å². The van der Waals surface area contributed by atoms with Crippen molar-refractivity contribution in [1.29, 1.82) is 0 Å². The van der Waals surface area contributed by atoms with Gasteiger partial charge in [0.2, 0.25) is 5.91 Å². The number of fused-ring (bicyclic) bond motifs is 1. The van der Waals surface area contributed by atoms with Crippen molar-refractivity contribution in [2.24, 2.45) is 5.92 Å². The van der Waals surface area contributed by atoms with Gasteiger partial charge in [-0.3, -0.25) is 14.2 Å². The lowest BCUT2D eigenvalue weighted by atomic mass is 9.99. The van der Waals surface area contributed by atoms with Gasteiger partial charge in [0.15, 0.2) is 5.16 Å². The third kappa shape index (κ3) is 3.00. The molecule has 1 fully saturated rings. The van der Waals surface area contributed by atoms with Crippen LogP contribution in [-0.2, 0) is 4.79 Å². The quantitative estimate of drug-likeness (QED) is 0.783. The summed E-state index contributed by atoms with van der Waals surface area (Å²) >= 11 is 1.57. The first kappa shape index (κ1) is 14.6. The molecule has 1 aromatic heterocycles. The van der Waals surface area contributed by atoms with E-state index in [2.05, 4.69) is 11.9 Å². The molecule has 1 amide bonds. The summed E-state index contributed by atoms with van der Waals surface area (Å²) in [6.07, 6.45) is 2.59. The molecule has 0 aliphatic carbocycles. The maximum atomic E-state index is 12.4. The van der Waals surface area contributed by atoms with Crippen molar-refractivity contribution < 1.29 is 4.79 Å². The summed E-state index contributed by atoms with van der Waals surface area (Å²) in [6.45, 7) is 5.77. The zero-order valence-corrected chi connectivity index (χ0v) is 13.4. The second-order valence-electron chi connectivity index (χ2n) is 6.12. The van der Waals surface area contributed by atoms with Crippen molar-refractivity contribution in [2.75, 3.05) is 18.8 Å². The minimum atomic E-state index is -0.0440. The smallest absolute Gasteiger partial charge is 0.254 e. The Hall–Kier alpha value is -1.30. The summed E-state index contributed by atoms with van der Waals surface area (Å²) < 4.78 is 1.70. The van der Waals surface area contributed by atoms with Crippen LogP contribution >= 0.6 is 11.8 Å². The van der Waals surface area contributed by atoms with Gasteiger partial charge in [-0.15, -0.1) is 0 Å². The number of amides is 1. The van der Waals surface area contributed by atoms with E-state index in [-0.39, 0.29) is 17.5 Å². The third-order valence-corrected chi connectivity index (χ3v) is 5.46. The second kappa shape index (κ2) is 5.83. The average Bonchev–Trinajstić information content (AvgIpc) is 2.82. The molecule has 0 aromatic carbocycles. The predicted octanol–water partition coefficient (Wildman–Crippen LogP) is 1.85. The molecule has 0 bridgehead atoms. The Balaban J connectivity index is 1.71. The Morgan fingerprint density at radius 2 is 2.14 bits per heavy atom. The number of thioether (sulfide) groups is 1. The largest absolute Gasteiger partial charge is 0.343 e. The summed E-state index contributed by atoms with van der Waals surface area (Å²) in [7, 11) is 0. The molecule has 3 heterocycles. The molecule has 114 valence electrons. The fraction of sp³-hybridized carbons (Fsp3) is 0.667. The number of rotatable bonds is 2. The molecule has 1 aromatic rings. The SMILES string of the molecule is Cc1cc(=O)n2c(n1)SCC2CC(=O)N1CCC(C)CC1. The van der Waals surface area contributed by atoms with Gasteiger partial charge in [0.05, 0.1) is 6.04 Å². The second-order valence-corrected chi connectivity index (χ2v) is 7.11. The van der Waals surface area contributed by atoms with Crippen LogP contribution in [0.3, 0.4) is 0 Å². The molecule has 5 nitrogen and oxygen atoms in total. The average molecular weight is 307 g/mol. The minimum Gasteiger partial charge on any atom is -0.343 e. The van der Waals surface area contributed by atoms with Crippen LogP contribution in [0.2, 0.25) is 0 Å². The van der Waals surface area contributed by atoms with Crippen LogP contribution in [0.25, 0.3) is 0 Å². The van der Waals surface area contributed by atoms with Gasteiger partial charge in [-0.2, -0.15) is 0 Å². The van der Waals surface area contributed by atoms with E-state index in [4.69, 9.17) is 0 Å². The molecule has 2 aliphatic heterocycles. The zero-order chi connectivity index (χ0) is 15.0. The summed E-state index contributed by atoms with van der Waals surface area (Å²) in [5.74, 6) is 1.65. The van der Waals surface area contributed by atoms with Gasteiger partial charge < -0.3 is 4.90 Å². The number of piperidine rings is 1. The first-order valence-electron chi connectivity index (χ1n) is 7.55. The zero-order valence-electron chi connectivity index (χ0n) is 12.5. The van der Waals surface area contributed by atoms with Crippen LogP contribution < -0.4 is 5.56 Å². The fourth-order valence-electron chi connectivity index (χ4n) is 3.00. The van der Waals surface area contributed by atoms with Gasteiger partial charge >= 0.3 is 0 Å². The van der Waals surface area contributed by atoms with Crippen molar-refractivity contribution in [3.05, 3.63) is 22.1 Å². The molecular weight excluding hydrogens is 286 g/mol. The Bertz CT molecular complexity index is 605. The monoisotopic (exact) mass is 307 g/mol. The lowest BCUT2D eigenvalue weighted by molar-refractivity contribution is -0.133. The van der Waals surface area contributed by atoms with E-state index in [1.165, 1.54) is 0 Å². The van der Waals surface area contributed by atoms with Crippen LogP contribution in [-0.4, -0.2) is 39.2 Å². The van der Waals surface area contributed by atoms with Crippen LogP contribution in [0, 0.1) is 12.8 Å². The lowest BCUT2D eigenvalue weighted by Gasteiger charge is -2.31. The number of nitrogens with zero attached hydrogens (tertiary/aromatic N) is 3. The molecule has 1 saturated heterocycles. The van der Waals surface area contributed by atoms with E-state index < -0.39 is 0 Å². The van der Waals surface area contributed by atoms with Gasteiger partial charge in [0.1, 0.15) is 0 Å². The predicted molar refractivity (Wildman–Crippen MR) is 82.6 cm³/mol. The molecule has 0 spiro atoms. The van der Waals surface area contributed by atoms with Crippen LogP contribution in [0.1, 0.15) is 37.9 Å². The first-order chi connectivity index (χ1) is 10.0. The standard InChI is InChI=1S/C15H21N3O2S/c1-10-3-5-17(6-4-10)13(19)8-12-9-21-15-16-11(2)7-14(20)18(12)15/h7,10,12H,3-6,8-9H2,1-2H3. The first-order valence-corrected chi connectivity index (χ1v) is 8.54. The Labute approximate surface area is 128 Å². The number of carbonyl (C=O) groups excluding carboxylic acids is 1. The highest BCUT2D eigenvalue weighted by Gasteiger charge is 2.29. The molecule has 0 N–H and O–H groups in total. The number of hydrogen-bond donors (Lipinski definition) is 0. The third-order valence-electron chi connectivity index (χ3n) is 4.36. The van der Waals surface area contributed by atoms with Gasteiger partial charge in [-0.1, -0.05) is 18.7 Å². The summed E-state index contributed by atoms with van der Waals surface area (Å²) in [5.41, 5.74) is 0.711. The Morgan fingerprint density at radius 1 is 1.43 bits per heavy atom. The summed E-state index contributed by atoms with van der Waals surface area (Å²) in [4.78, 5) is 30.9. The summed E-state index contributed by atoms with van der Waals surface area (Å²) in [5, 5.41) is 0.755. The number of hydrogen-bond acceptors (Lipinski definition) is 4. The van der Waals surface area contributed by atoms with Crippen molar-refractivity contribution in [2.45, 2.75) is 44.3 Å². The molecule has 1 unspecified atom stereocenters. The van der Waals surface area contributed by atoms with E-state index in [1.54, 1.807) is 22.4 Å². The maximum Gasteiger partial charge on any atom is 0.254 e. The number of aromatic nitrogens is 2. The molecule has 2 aliphatic rings. The maximum absolute atomic E-state index is 12.4. The fourth-order valence-corrected chi connectivity index (χ4v) is 4.20. The molecule has 0 radical (unpaired) electrons. The van der Waals surface area contributed by atoms with E-state index in [0.29, 0.717) is 12.3 Å². The molecule has 1 atom stereocenters. The number of aryl methyl sites for hydroxylation is 1. The van der Waals surface area contributed by atoms with Gasteiger partial charge in [0.25, 0.3) is 5.56 Å². The topological polar surface area (TPSA) is 55.2 Å². The van der Waals surface area contributed by atoms with E-state index >= 15 is 0 Å². The normalized spacial score (nSPS) is 22.4. The highest BCUT2D eigenvalue weighted by molar-refractivity contribution is 7.99. The van der Waals surface area contributed by atoms with Crippen LogP contribution in [0.4, 0.5) is 0 Å². The van der Waals surface area contributed by atoms with Crippen molar-refractivity contribution in [3.8, 4) is 0 Å². The highest BCUT2D eigenvalue weighted by atomic mass is 32.2. The molecule has 6 heteroatoms. The van der Waals surface area contributed by atoms with E-state index in [0.717, 1.165) is 42.5 Å². The molecule has 3 rings (SSSR count).